The molecule has 1 saturated heterocycles. The van der Waals surface area contributed by atoms with Gasteiger partial charge in [0, 0.05) is 19.6 Å². The molecule has 1 amide bonds. The first-order valence-corrected chi connectivity index (χ1v) is 11.5. The van der Waals surface area contributed by atoms with Crippen molar-refractivity contribution in [3.8, 4) is 0 Å². The fourth-order valence-electron chi connectivity index (χ4n) is 3.80. The monoisotopic (exact) mass is 414 g/mol. The Morgan fingerprint density at radius 1 is 1.07 bits per heavy atom. The van der Waals surface area contributed by atoms with Crippen LogP contribution in [0.2, 0.25) is 0 Å². The highest BCUT2D eigenvalue weighted by Gasteiger charge is 2.41. The van der Waals surface area contributed by atoms with E-state index in [1.165, 1.54) is 4.31 Å². The number of aryl methyl sites for hydroxylation is 3. The van der Waals surface area contributed by atoms with Gasteiger partial charge in [-0.1, -0.05) is 30.3 Å². The molecule has 0 spiro atoms. The number of nitrogens with one attached hydrogen (secondary N) is 1. The van der Waals surface area contributed by atoms with Crippen molar-refractivity contribution in [2.24, 2.45) is 5.41 Å². The molecule has 29 heavy (non-hydrogen) atoms. The number of hydrogen-bond donors (Lipinski definition) is 1. The Morgan fingerprint density at radius 3 is 2.48 bits per heavy atom. The zero-order valence-corrected chi connectivity index (χ0v) is 18.5. The van der Waals surface area contributed by atoms with Crippen LogP contribution in [0.15, 0.2) is 47.4 Å². The summed E-state index contributed by atoms with van der Waals surface area (Å²) < 4.78 is 27.8. The van der Waals surface area contributed by atoms with Crippen LogP contribution in [-0.4, -0.2) is 31.7 Å². The number of carbonyl (C=O) groups excluding carboxylic acids is 1. The molecule has 1 aliphatic heterocycles. The third-order valence-corrected chi connectivity index (χ3v) is 7.87. The molecule has 0 radical (unpaired) electrons. The largest absolute Gasteiger partial charge is 0.352 e. The molecule has 6 heteroatoms. The van der Waals surface area contributed by atoms with E-state index in [2.05, 4.69) is 5.32 Å². The number of carbonyl (C=O) groups is 1. The molecule has 5 nitrogen and oxygen atoms in total. The van der Waals surface area contributed by atoms with E-state index in [9.17, 15) is 13.2 Å². The minimum atomic E-state index is -3.63. The Labute approximate surface area is 174 Å². The number of piperidine rings is 1. The van der Waals surface area contributed by atoms with Gasteiger partial charge in [-0.2, -0.15) is 4.31 Å². The van der Waals surface area contributed by atoms with Gasteiger partial charge >= 0.3 is 0 Å². The molecule has 0 bridgehead atoms. The van der Waals surface area contributed by atoms with E-state index in [1.54, 1.807) is 12.1 Å². The molecule has 1 atom stereocenters. The summed E-state index contributed by atoms with van der Waals surface area (Å²) in [6.45, 7) is 8.84. The average Bonchev–Trinajstić information content (AvgIpc) is 2.69. The lowest BCUT2D eigenvalue weighted by atomic mass is 9.82. The van der Waals surface area contributed by atoms with Gasteiger partial charge in [0.2, 0.25) is 15.9 Å². The summed E-state index contributed by atoms with van der Waals surface area (Å²) in [6, 6.07) is 13.1. The first-order chi connectivity index (χ1) is 13.6. The van der Waals surface area contributed by atoms with Crippen LogP contribution in [-0.2, 0) is 21.4 Å². The van der Waals surface area contributed by atoms with Gasteiger partial charge in [-0.05, 0) is 74.9 Å². The van der Waals surface area contributed by atoms with Gasteiger partial charge in [0.05, 0.1) is 10.3 Å². The standard InChI is InChI=1S/C23H30N2O3S/c1-17-10-11-21(14-19(17)3)29(27,28)25-13-7-12-23(4,16-25)22(26)24-15-20-9-6-5-8-18(20)2/h5-6,8-11,14H,7,12-13,15-16H2,1-4H3,(H,24,26)/t23-/m0/s1. The molecule has 1 aliphatic rings. The van der Waals surface area contributed by atoms with Crippen molar-refractivity contribution < 1.29 is 13.2 Å². The Morgan fingerprint density at radius 2 is 1.79 bits per heavy atom. The van der Waals surface area contributed by atoms with Crippen LogP contribution in [0.5, 0.6) is 0 Å². The summed E-state index contributed by atoms with van der Waals surface area (Å²) in [5.74, 6) is -0.0965. The highest BCUT2D eigenvalue weighted by Crippen LogP contribution is 2.33. The number of benzene rings is 2. The zero-order chi connectivity index (χ0) is 21.2. The van der Waals surface area contributed by atoms with Crippen molar-refractivity contribution in [1.82, 2.24) is 9.62 Å². The number of nitrogens with zero attached hydrogens (tertiary/aromatic N) is 1. The van der Waals surface area contributed by atoms with Crippen molar-refractivity contribution in [2.75, 3.05) is 13.1 Å². The van der Waals surface area contributed by atoms with Crippen molar-refractivity contribution >= 4 is 15.9 Å². The van der Waals surface area contributed by atoms with E-state index in [0.29, 0.717) is 30.8 Å². The molecule has 1 heterocycles. The maximum Gasteiger partial charge on any atom is 0.243 e. The van der Waals surface area contributed by atoms with Crippen LogP contribution in [0.1, 0.15) is 42.0 Å². The Kier molecular flexibility index (Phi) is 6.15. The predicted molar refractivity (Wildman–Crippen MR) is 115 cm³/mol. The topological polar surface area (TPSA) is 66.5 Å². The molecule has 0 unspecified atom stereocenters. The molecule has 0 aliphatic carbocycles. The van der Waals surface area contributed by atoms with Crippen molar-refractivity contribution in [3.05, 3.63) is 64.7 Å². The molecule has 1 fully saturated rings. The summed E-state index contributed by atoms with van der Waals surface area (Å²) >= 11 is 0. The fourth-order valence-corrected chi connectivity index (χ4v) is 5.49. The molecular formula is C23H30N2O3S. The maximum absolute atomic E-state index is 13.2. The minimum Gasteiger partial charge on any atom is -0.352 e. The molecule has 156 valence electrons. The van der Waals surface area contributed by atoms with E-state index in [1.807, 2.05) is 58.0 Å². The van der Waals surface area contributed by atoms with Gasteiger partial charge in [-0.3, -0.25) is 4.79 Å². The van der Waals surface area contributed by atoms with Gasteiger partial charge in [-0.15, -0.1) is 0 Å². The number of amides is 1. The first kappa shape index (κ1) is 21.5. The van der Waals surface area contributed by atoms with Crippen LogP contribution in [0.4, 0.5) is 0 Å². The van der Waals surface area contributed by atoms with Gasteiger partial charge in [-0.25, -0.2) is 8.42 Å². The number of rotatable bonds is 5. The summed E-state index contributed by atoms with van der Waals surface area (Å²) in [5, 5.41) is 3.02. The fraction of sp³-hybridized carbons (Fsp3) is 0.435. The van der Waals surface area contributed by atoms with Crippen LogP contribution in [0.25, 0.3) is 0 Å². The van der Waals surface area contributed by atoms with E-state index in [4.69, 9.17) is 0 Å². The summed E-state index contributed by atoms with van der Waals surface area (Å²) in [5.41, 5.74) is 3.46. The SMILES string of the molecule is Cc1ccc(S(=O)(=O)N2CCC[C@](C)(C(=O)NCc3ccccc3C)C2)cc1C. The third-order valence-electron chi connectivity index (χ3n) is 6.03. The molecular weight excluding hydrogens is 384 g/mol. The van der Waals surface area contributed by atoms with E-state index < -0.39 is 15.4 Å². The van der Waals surface area contributed by atoms with Crippen LogP contribution < -0.4 is 5.32 Å². The smallest absolute Gasteiger partial charge is 0.243 e. The Hall–Kier alpha value is -2.18. The molecule has 2 aromatic carbocycles. The Bertz CT molecular complexity index is 1020. The quantitative estimate of drug-likeness (QED) is 0.811. The van der Waals surface area contributed by atoms with E-state index in [0.717, 1.165) is 22.3 Å². The second kappa shape index (κ2) is 8.28. The van der Waals surface area contributed by atoms with Crippen LogP contribution >= 0.6 is 0 Å². The molecule has 1 N–H and O–H groups in total. The van der Waals surface area contributed by atoms with Crippen LogP contribution in [0.3, 0.4) is 0 Å². The second-order valence-corrected chi connectivity index (χ2v) is 10.3. The molecule has 3 rings (SSSR count). The summed E-state index contributed by atoms with van der Waals surface area (Å²) in [4.78, 5) is 13.3. The minimum absolute atomic E-state index is 0.0965. The van der Waals surface area contributed by atoms with Crippen molar-refractivity contribution in [1.29, 1.82) is 0 Å². The summed E-state index contributed by atoms with van der Waals surface area (Å²) in [6.07, 6.45) is 1.34. The average molecular weight is 415 g/mol. The third kappa shape index (κ3) is 4.54. The van der Waals surface area contributed by atoms with E-state index >= 15 is 0 Å². The maximum atomic E-state index is 13.2. The normalized spacial score (nSPS) is 20.4. The van der Waals surface area contributed by atoms with Gasteiger partial charge in [0.25, 0.3) is 0 Å². The summed E-state index contributed by atoms with van der Waals surface area (Å²) in [7, 11) is -3.63. The molecule has 0 aromatic heterocycles. The van der Waals surface area contributed by atoms with Gasteiger partial charge in [0.1, 0.15) is 0 Å². The molecule has 2 aromatic rings. The molecule has 0 saturated carbocycles. The number of sulfonamides is 1. The van der Waals surface area contributed by atoms with Crippen molar-refractivity contribution in [3.63, 3.8) is 0 Å². The lowest BCUT2D eigenvalue weighted by Crippen LogP contribution is -2.51. The number of hydrogen-bond acceptors (Lipinski definition) is 3. The predicted octanol–water partition coefficient (Wildman–Crippen LogP) is 3.72. The zero-order valence-electron chi connectivity index (χ0n) is 17.7. The second-order valence-electron chi connectivity index (χ2n) is 8.36. The van der Waals surface area contributed by atoms with Gasteiger partial charge in [0.15, 0.2) is 0 Å². The van der Waals surface area contributed by atoms with Gasteiger partial charge < -0.3 is 5.32 Å². The Balaban J connectivity index is 1.75. The highest BCUT2D eigenvalue weighted by atomic mass is 32.2. The highest BCUT2D eigenvalue weighted by molar-refractivity contribution is 7.89. The van der Waals surface area contributed by atoms with Crippen LogP contribution in [0, 0.1) is 26.2 Å². The van der Waals surface area contributed by atoms with E-state index in [-0.39, 0.29) is 12.5 Å². The first-order valence-electron chi connectivity index (χ1n) is 10.0. The lowest BCUT2D eigenvalue weighted by Gasteiger charge is -2.38. The lowest BCUT2D eigenvalue weighted by molar-refractivity contribution is -0.132. The van der Waals surface area contributed by atoms with Crippen molar-refractivity contribution in [2.45, 2.75) is 52.0 Å².